The zero-order valence-electron chi connectivity index (χ0n) is 15.3. The largest absolute Gasteiger partial charge is 0.379 e. The van der Waals surface area contributed by atoms with Gasteiger partial charge in [-0.25, -0.2) is 0 Å². The second-order valence-electron chi connectivity index (χ2n) is 8.72. The number of morpholine rings is 1. The van der Waals surface area contributed by atoms with Crippen LogP contribution in [0.4, 0.5) is 5.69 Å². The Morgan fingerprint density at radius 3 is 2.07 bits per heavy atom. The van der Waals surface area contributed by atoms with Crippen molar-refractivity contribution in [1.82, 2.24) is 4.90 Å². The fraction of sp³-hybridized carbons (Fsp3) is 0.545. The molecule has 5 nitrogen and oxygen atoms in total. The molecule has 6 unspecified atom stereocenters. The van der Waals surface area contributed by atoms with Gasteiger partial charge in [0.05, 0.1) is 30.7 Å². The summed E-state index contributed by atoms with van der Waals surface area (Å²) in [5.41, 5.74) is 1.94. The van der Waals surface area contributed by atoms with Crippen LogP contribution in [0.5, 0.6) is 0 Å². The molecule has 27 heavy (non-hydrogen) atoms. The topological polar surface area (TPSA) is 49.9 Å². The first-order chi connectivity index (χ1) is 13.2. The van der Waals surface area contributed by atoms with Crippen LogP contribution in [-0.2, 0) is 20.9 Å². The second-order valence-corrected chi connectivity index (χ2v) is 8.72. The number of carbonyl (C=O) groups excluding carboxylic acids is 2. The van der Waals surface area contributed by atoms with Gasteiger partial charge in [-0.05, 0) is 47.8 Å². The third-order valence-corrected chi connectivity index (χ3v) is 7.37. The number of amides is 2. The van der Waals surface area contributed by atoms with Gasteiger partial charge < -0.3 is 4.74 Å². The molecule has 2 bridgehead atoms. The Morgan fingerprint density at radius 1 is 0.889 bits per heavy atom. The predicted octanol–water partition coefficient (Wildman–Crippen LogP) is 2.08. The Morgan fingerprint density at radius 2 is 1.48 bits per heavy atom. The zero-order valence-corrected chi connectivity index (χ0v) is 15.3. The van der Waals surface area contributed by atoms with Crippen LogP contribution >= 0.6 is 0 Å². The normalized spacial score (nSPS) is 39.6. The number of nitrogens with zero attached hydrogens (tertiary/aromatic N) is 2. The first-order valence-corrected chi connectivity index (χ1v) is 10.2. The van der Waals surface area contributed by atoms with Crippen molar-refractivity contribution in [3.8, 4) is 0 Å². The average Bonchev–Trinajstić information content (AvgIpc) is 3.48. The number of carbonyl (C=O) groups is 2. The van der Waals surface area contributed by atoms with Crippen molar-refractivity contribution in [2.75, 3.05) is 31.2 Å². The number of ether oxygens (including phenoxy) is 1. The van der Waals surface area contributed by atoms with E-state index in [1.54, 1.807) is 0 Å². The number of benzene rings is 1. The summed E-state index contributed by atoms with van der Waals surface area (Å²) < 4.78 is 5.40. The quantitative estimate of drug-likeness (QED) is 0.609. The van der Waals surface area contributed by atoms with Gasteiger partial charge in [-0.3, -0.25) is 19.4 Å². The molecule has 1 aromatic carbocycles. The van der Waals surface area contributed by atoms with Gasteiger partial charge in [-0.15, -0.1) is 0 Å². The van der Waals surface area contributed by atoms with E-state index in [-0.39, 0.29) is 35.5 Å². The van der Waals surface area contributed by atoms with E-state index in [1.165, 1.54) is 16.9 Å². The van der Waals surface area contributed by atoms with Crippen molar-refractivity contribution in [2.24, 2.45) is 35.5 Å². The van der Waals surface area contributed by atoms with Gasteiger partial charge in [0.2, 0.25) is 11.8 Å². The van der Waals surface area contributed by atoms with Gasteiger partial charge in [-0.1, -0.05) is 24.3 Å². The highest BCUT2D eigenvalue weighted by Crippen LogP contribution is 2.65. The maximum atomic E-state index is 13.2. The fourth-order valence-corrected chi connectivity index (χ4v) is 5.98. The Hall–Kier alpha value is -1.98. The molecule has 2 saturated carbocycles. The van der Waals surface area contributed by atoms with Crippen LogP contribution < -0.4 is 4.90 Å². The number of hydrogen-bond donors (Lipinski definition) is 0. The number of allylic oxidation sites excluding steroid dienone is 2. The van der Waals surface area contributed by atoms with Gasteiger partial charge in [-0.2, -0.15) is 0 Å². The van der Waals surface area contributed by atoms with E-state index >= 15 is 0 Å². The summed E-state index contributed by atoms with van der Waals surface area (Å²) in [7, 11) is 0. The molecule has 4 aliphatic carbocycles. The van der Waals surface area contributed by atoms with Crippen molar-refractivity contribution >= 4 is 17.5 Å². The van der Waals surface area contributed by atoms with Crippen LogP contribution in [0.1, 0.15) is 12.0 Å². The summed E-state index contributed by atoms with van der Waals surface area (Å²) in [5.74, 6) is 1.67. The Kier molecular flexibility index (Phi) is 3.42. The lowest BCUT2D eigenvalue weighted by atomic mass is 9.63. The fourth-order valence-electron chi connectivity index (χ4n) is 5.98. The molecule has 0 aromatic heterocycles. The van der Waals surface area contributed by atoms with Crippen molar-refractivity contribution in [2.45, 2.75) is 13.0 Å². The van der Waals surface area contributed by atoms with Gasteiger partial charge >= 0.3 is 0 Å². The number of rotatable bonds is 3. The molecule has 7 rings (SSSR count). The highest BCUT2D eigenvalue weighted by molar-refractivity contribution is 6.22. The SMILES string of the molecule is O=C1C2C3C=CC(C4CC34)C2C(=O)N1c1ccc(CN2CCOCC2)cc1. The molecular weight excluding hydrogens is 340 g/mol. The molecule has 2 heterocycles. The molecule has 2 aliphatic heterocycles. The van der Waals surface area contributed by atoms with Crippen LogP contribution in [0.3, 0.4) is 0 Å². The highest BCUT2D eigenvalue weighted by atomic mass is 16.5. The molecule has 5 heteroatoms. The van der Waals surface area contributed by atoms with Crippen LogP contribution in [0.15, 0.2) is 36.4 Å². The molecule has 140 valence electrons. The van der Waals surface area contributed by atoms with Crippen LogP contribution in [-0.4, -0.2) is 43.0 Å². The third kappa shape index (κ3) is 2.31. The van der Waals surface area contributed by atoms with Crippen LogP contribution in [0.2, 0.25) is 0 Å². The molecule has 6 atom stereocenters. The Balaban J connectivity index is 1.23. The monoisotopic (exact) mass is 364 g/mol. The molecule has 4 fully saturated rings. The summed E-state index contributed by atoms with van der Waals surface area (Å²) in [6.07, 6.45) is 5.65. The van der Waals surface area contributed by atoms with Crippen molar-refractivity contribution < 1.29 is 14.3 Å². The lowest BCUT2D eigenvalue weighted by Gasteiger charge is -2.37. The lowest BCUT2D eigenvalue weighted by molar-refractivity contribution is -0.124. The summed E-state index contributed by atoms with van der Waals surface area (Å²) in [5, 5.41) is 0. The average molecular weight is 364 g/mol. The molecule has 0 radical (unpaired) electrons. The minimum Gasteiger partial charge on any atom is -0.379 e. The van der Waals surface area contributed by atoms with Crippen molar-refractivity contribution in [3.05, 3.63) is 42.0 Å². The molecule has 2 amide bonds. The standard InChI is InChI=1S/C22H24N2O3/c25-21-19-15-5-6-16(18-11-17(15)18)20(19)22(26)24(21)14-3-1-13(2-4-14)12-23-7-9-27-10-8-23/h1-6,15-20H,7-12H2. The van der Waals surface area contributed by atoms with Gasteiger partial charge in [0.15, 0.2) is 0 Å². The predicted molar refractivity (Wildman–Crippen MR) is 99.7 cm³/mol. The summed E-state index contributed by atoms with van der Waals surface area (Å²) in [6.45, 7) is 4.36. The van der Waals surface area contributed by atoms with E-state index < -0.39 is 0 Å². The minimum absolute atomic E-state index is 0.0237. The van der Waals surface area contributed by atoms with E-state index in [9.17, 15) is 9.59 Å². The van der Waals surface area contributed by atoms with E-state index in [0.717, 1.165) is 38.5 Å². The summed E-state index contributed by atoms with van der Waals surface area (Å²) >= 11 is 0. The molecule has 1 aromatic rings. The third-order valence-electron chi connectivity index (χ3n) is 7.37. The van der Waals surface area contributed by atoms with Crippen LogP contribution in [0, 0.1) is 35.5 Å². The molecule has 6 aliphatic rings. The Labute approximate surface area is 159 Å². The smallest absolute Gasteiger partial charge is 0.238 e. The number of hydrogen-bond acceptors (Lipinski definition) is 4. The number of anilines is 1. The molecular formula is C22H24N2O3. The van der Waals surface area contributed by atoms with Gasteiger partial charge in [0.1, 0.15) is 0 Å². The van der Waals surface area contributed by atoms with E-state index in [4.69, 9.17) is 4.74 Å². The first-order valence-electron chi connectivity index (χ1n) is 10.2. The zero-order chi connectivity index (χ0) is 18.1. The maximum absolute atomic E-state index is 13.2. The summed E-state index contributed by atoms with van der Waals surface area (Å²) in [6, 6.07) is 7.99. The van der Waals surface area contributed by atoms with E-state index in [2.05, 4.69) is 29.2 Å². The molecule has 2 saturated heterocycles. The molecule has 0 N–H and O–H groups in total. The van der Waals surface area contributed by atoms with Gasteiger partial charge in [0, 0.05) is 19.6 Å². The van der Waals surface area contributed by atoms with E-state index in [1.807, 2.05) is 12.1 Å². The Bertz CT molecular complexity index is 790. The first kappa shape index (κ1) is 16.0. The van der Waals surface area contributed by atoms with E-state index in [0.29, 0.717) is 11.8 Å². The number of imide groups is 1. The minimum atomic E-state index is -0.121. The second kappa shape index (κ2) is 5.76. The summed E-state index contributed by atoms with van der Waals surface area (Å²) in [4.78, 5) is 30.2. The van der Waals surface area contributed by atoms with Crippen molar-refractivity contribution in [3.63, 3.8) is 0 Å². The highest BCUT2D eigenvalue weighted by Gasteiger charge is 2.67. The molecule has 0 spiro atoms. The van der Waals surface area contributed by atoms with Crippen molar-refractivity contribution in [1.29, 1.82) is 0 Å². The van der Waals surface area contributed by atoms with Gasteiger partial charge in [0.25, 0.3) is 0 Å². The maximum Gasteiger partial charge on any atom is 0.238 e. The lowest BCUT2D eigenvalue weighted by Crippen LogP contribution is -2.40. The van der Waals surface area contributed by atoms with Crippen LogP contribution in [0.25, 0.3) is 0 Å².